The number of fused-ring (bicyclic) bond motifs is 6. The van der Waals surface area contributed by atoms with E-state index in [0.29, 0.717) is 0 Å². The van der Waals surface area contributed by atoms with Gasteiger partial charge < -0.3 is 14.2 Å². The van der Waals surface area contributed by atoms with Crippen LogP contribution in [0.25, 0.3) is 54.6 Å². The Morgan fingerprint density at radius 2 is 1.16 bits per heavy atom. The van der Waals surface area contributed by atoms with Gasteiger partial charge in [0.2, 0.25) is 0 Å². The van der Waals surface area contributed by atoms with E-state index in [2.05, 4.69) is 213 Å². The van der Waals surface area contributed by atoms with Crippen LogP contribution in [-0.2, 0) is 5.41 Å². The highest BCUT2D eigenvalue weighted by atomic mass is 16.3. The molecule has 0 N–H and O–H groups in total. The van der Waals surface area contributed by atoms with Gasteiger partial charge in [0, 0.05) is 44.5 Å². The number of rotatable bonds is 7. The fraction of sp³-hybridized carbons (Fsp3) is 0.111. The molecule has 3 heteroatoms. The zero-order valence-corrected chi connectivity index (χ0v) is 32.6. The van der Waals surface area contributed by atoms with E-state index in [4.69, 9.17) is 4.42 Å². The summed E-state index contributed by atoms with van der Waals surface area (Å²) in [7, 11) is 0. The lowest BCUT2D eigenvalue weighted by molar-refractivity contribution is 0.590. The number of hydrogen-bond donors (Lipinski definition) is 0. The number of hydrogen-bond acceptors (Lipinski definition) is 3. The predicted molar refractivity (Wildman–Crippen MR) is 243 cm³/mol. The van der Waals surface area contributed by atoms with Crippen LogP contribution >= 0.6 is 0 Å². The van der Waals surface area contributed by atoms with Crippen LogP contribution in [0.5, 0.6) is 0 Å². The largest absolute Gasteiger partial charge is 0.456 e. The van der Waals surface area contributed by atoms with Crippen molar-refractivity contribution in [2.75, 3.05) is 9.80 Å². The molecule has 276 valence electrons. The fourth-order valence-corrected chi connectivity index (χ4v) is 8.51. The molecule has 0 fully saturated rings. The van der Waals surface area contributed by atoms with Crippen LogP contribution in [0.4, 0.5) is 28.4 Å². The summed E-state index contributed by atoms with van der Waals surface area (Å²) in [5.41, 5.74) is 12.3. The van der Waals surface area contributed by atoms with E-state index in [9.17, 15) is 0 Å². The minimum absolute atomic E-state index is 0.0651. The summed E-state index contributed by atoms with van der Waals surface area (Å²) < 4.78 is 6.35. The van der Waals surface area contributed by atoms with Crippen LogP contribution in [0.1, 0.15) is 39.2 Å². The molecule has 1 aliphatic rings. The van der Waals surface area contributed by atoms with Crippen molar-refractivity contribution in [2.45, 2.75) is 39.0 Å². The number of benzene rings is 8. The maximum Gasteiger partial charge on any atom is 0.135 e. The Labute approximate surface area is 334 Å². The Morgan fingerprint density at radius 1 is 0.474 bits per heavy atom. The van der Waals surface area contributed by atoms with Gasteiger partial charge in [-0.2, -0.15) is 0 Å². The second kappa shape index (κ2) is 14.0. The second-order valence-electron chi connectivity index (χ2n) is 16.1. The number of nitrogens with zero attached hydrogens (tertiary/aromatic N) is 2. The third-order valence-corrected chi connectivity index (χ3v) is 11.4. The molecule has 0 radical (unpaired) electrons. The Kier molecular flexibility index (Phi) is 8.52. The van der Waals surface area contributed by atoms with Gasteiger partial charge in [-0.3, -0.25) is 0 Å². The molecule has 10 rings (SSSR count). The first kappa shape index (κ1) is 34.6. The normalized spacial score (nSPS) is 13.1. The van der Waals surface area contributed by atoms with Crippen molar-refractivity contribution in [3.8, 4) is 11.1 Å². The molecular formula is C54H44N2O. The van der Waals surface area contributed by atoms with E-state index in [1.807, 2.05) is 6.07 Å². The minimum Gasteiger partial charge on any atom is -0.456 e. The van der Waals surface area contributed by atoms with E-state index in [1.54, 1.807) is 0 Å². The Hall–Kier alpha value is -6.84. The van der Waals surface area contributed by atoms with Crippen LogP contribution in [0, 0.1) is 0 Å². The van der Waals surface area contributed by atoms with Crippen LogP contribution in [-0.4, -0.2) is 0 Å². The number of anilines is 5. The Morgan fingerprint density at radius 3 is 1.96 bits per heavy atom. The average molecular weight is 737 g/mol. The smallest absolute Gasteiger partial charge is 0.135 e. The zero-order valence-electron chi connectivity index (χ0n) is 32.6. The van der Waals surface area contributed by atoms with Gasteiger partial charge in [0.05, 0.1) is 11.4 Å². The van der Waals surface area contributed by atoms with Crippen molar-refractivity contribution in [3.05, 3.63) is 199 Å². The van der Waals surface area contributed by atoms with Gasteiger partial charge in [-0.05, 0) is 112 Å². The third-order valence-electron chi connectivity index (χ3n) is 11.4. The molecule has 9 aromatic rings. The van der Waals surface area contributed by atoms with Crippen molar-refractivity contribution >= 4 is 71.9 Å². The lowest BCUT2D eigenvalue weighted by Gasteiger charge is -2.31. The highest BCUT2D eigenvalue weighted by Crippen LogP contribution is 2.48. The average Bonchev–Trinajstić information content (AvgIpc) is 3.63. The highest BCUT2D eigenvalue weighted by Gasteiger charge is 2.24. The zero-order chi connectivity index (χ0) is 38.5. The second-order valence-corrected chi connectivity index (χ2v) is 16.1. The predicted octanol–water partition coefficient (Wildman–Crippen LogP) is 15.7. The van der Waals surface area contributed by atoms with E-state index in [1.165, 1.54) is 43.9 Å². The van der Waals surface area contributed by atoms with Crippen molar-refractivity contribution < 1.29 is 4.42 Å². The summed E-state index contributed by atoms with van der Waals surface area (Å²) in [4.78, 5) is 4.85. The number of allylic oxidation sites excluding steroid dienone is 3. The molecule has 0 aliphatic heterocycles. The molecule has 0 atom stereocenters. The fourth-order valence-electron chi connectivity index (χ4n) is 8.51. The molecule has 0 amide bonds. The maximum atomic E-state index is 6.35. The SMILES string of the molecule is CC(C)(C)c1ccc(-c2ccccc2N(c2ccc3oc4ccccc4c3c2)c2cc3ccccc3c3cc(N(C4=CCCC=C4)c4ccccc4)ccc23)cc1. The van der Waals surface area contributed by atoms with Crippen LogP contribution in [0.3, 0.4) is 0 Å². The van der Waals surface area contributed by atoms with Gasteiger partial charge in [0.1, 0.15) is 11.2 Å². The molecular weight excluding hydrogens is 693 g/mol. The number of para-hydroxylation sites is 3. The van der Waals surface area contributed by atoms with Gasteiger partial charge in [-0.25, -0.2) is 0 Å². The molecule has 1 aromatic heterocycles. The van der Waals surface area contributed by atoms with Gasteiger partial charge in [0.15, 0.2) is 0 Å². The van der Waals surface area contributed by atoms with E-state index in [0.717, 1.165) is 63.2 Å². The maximum absolute atomic E-state index is 6.35. The van der Waals surface area contributed by atoms with Crippen molar-refractivity contribution in [2.24, 2.45) is 0 Å². The number of furan rings is 1. The molecule has 1 aliphatic carbocycles. The Balaban J connectivity index is 1.24. The first-order chi connectivity index (χ1) is 27.9. The lowest BCUT2D eigenvalue weighted by Crippen LogP contribution is -2.16. The standard InChI is InChI=1S/C54H44N2O/c1-54(2,3)39-28-26-37(27-29-39)45-22-12-14-24-50(45)56(43-31-33-53-49(36-43)47-23-13-15-25-52(47)57-53)51-34-38-16-10-11-21-44(38)48-35-42(30-32-46(48)51)55(40-17-6-4-7-18-40)41-19-8-5-9-20-41/h4,6-8,10-36H,5,9H2,1-3H3. The molecule has 57 heavy (non-hydrogen) atoms. The highest BCUT2D eigenvalue weighted by molar-refractivity contribution is 6.16. The van der Waals surface area contributed by atoms with Gasteiger partial charge in [-0.15, -0.1) is 0 Å². The van der Waals surface area contributed by atoms with Crippen LogP contribution in [0.2, 0.25) is 0 Å². The molecule has 8 aromatic carbocycles. The molecule has 0 saturated carbocycles. The summed E-state index contributed by atoms with van der Waals surface area (Å²) in [5.74, 6) is 0. The lowest BCUT2D eigenvalue weighted by atomic mass is 9.86. The Bertz CT molecular complexity index is 3000. The van der Waals surface area contributed by atoms with Gasteiger partial charge in [0.25, 0.3) is 0 Å². The van der Waals surface area contributed by atoms with E-state index >= 15 is 0 Å². The summed E-state index contributed by atoms with van der Waals surface area (Å²) in [6.07, 6.45) is 8.99. The monoisotopic (exact) mass is 736 g/mol. The molecule has 0 unspecified atom stereocenters. The first-order valence-corrected chi connectivity index (χ1v) is 20.0. The van der Waals surface area contributed by atoms with Crippen LogP contribution in [0.15, 0.2) is 198 Å². The van der Waals surface area contributed by atoms with Gasteiger partial charge >= 0.3 is 0 Å². The van der Waals surface area contributed by atoms with E-state index < -0.39 is 0 Å². The summed E-state index contributed by atoms with van der Waals surface area (Å²) in [6, 6.07) is 61.8. The molecule has 3 nitrogen and oxygen atoms in total. The summed E-state index contributed by atoms with van der Waals surface area (Å²) >= 11 is 0. The van der Waals surface area contributed by atoms with Crippen LogP contribution < -0.4 is 9.80 Å². The molecule has 1 heterocycles. The summed E-state index contributed by atoms with van der Waals surface area (Å²) in [5, 5.41) is 7.00. The molecule has 0 spiro atoms. The third kappa shape index (κ3) is 6.26. The molecule has 0 saturated heterocycles. The van der Waals surface area contributed by atoms with Gasteiger partial charge in [-0.1, -0.05) is 142 Å². The molecule has 0 bridgehead atoms. The van der Waals surface area contributed by atoms with Crippen molar-refractivity contribution in [1.29, 1.82) is 0 Å². The first-order valence-electron chi connectivity index (χ1n) is 20.0. The van der Waals surface area contributed by atoms with Crippen molar-refractivity contribution in [3.63, 3.8) is 0 Å². The minimum atomic E-state index is 0.0651. The topological polar surface area (TPSA) is 19.6 Å². The quantitative estimate of drug-likeness (QED) is 0.152. The van der Waals surface area contributed by atoms with Crippen molar-refractivity contribution in [1.82, 2.24) is 0 Å². The summed E-state index contributed by atoms with van der Waals surface area (Å²) in [6.45, 7) is 6.81. The van der Waals surface area contributed by atoms with E-state index in [-0.39, 0.29) is 5.41 Å².